The molecule has 0 unspecified atom stereocenters. The summed E-state index contributed by atoms with van der Waals surface area (Å²) in [5.74, 6) is 0. The van der Waals surface area contributed by atoms with E-state index in [1.165, 1.54) is 11.3 Å². The Morgan fingerprint density at radius 2 is 1.70 bits per heavy atom. The minimum Gasteiger partial charge on any atom is -0.279 e. The van der Waals surface area contributed by atoms with Crippen molar-refractivity contribution >= 4 is 27.0 Å². The van der Waals surface area contributed by atoms with Crippen molar-refractivity contribution in [3.05, 3.63) is 83.9 Å². The van der Waals surface area contributed by atoms with Crippen LogP contribution in [0.1, 0.15) is 5.56 Å². The Morgan fingerprint density at radius 1 is 0.963 bits per heavy atom. The van der Waals surface area contributed by atoms with Gasteiger partial charge in [-0.2, -0.15) is 5.10 Å². The lowest BCUT2D eigenvalue weighted by molar-refractivity contribution is 0.601. The molecule has 0 atom stereocenters. The Bertz CT molecular complexity index is 1170. The Morgan fingerprint density at radius 3 is 2.41 bits per heavy atom. The lowest BCUT2D eigenvalue weighted by Gasteiger charge is -2.09. The first-order valence-electron chi connectivity index (χ1n) is 8.32. The summed E-state index contributed by atoms with van der Waals surface area (Å²) < 4.78 is 30.6. The number of nitrogens with one attached hydrogen (secondary N) is 1. The molecule has 4 rings (SSSR count). The van der Waals surface area contributed by atoms with Crippen molar-refractivity contribution in [3.8, 4) is 16.3 Å². The number of para-hydroxylation sites is 2. The lowest BCUT2D eigenvalue weighted by atomic mass is 10.2. The molecule has 0 bridgehead atoms. The van der Waals surface area contributed by atoms with Gasteiger partial charge in [0.25, 0.3) is 10.0 Å². The quantitative estimate of drug-likeness (QED) is 0.532. The summed E-state index contributed by atoms with van der Waals surface area (Å²) in [5, 5.41) is 6.47. The largest absolute Gasteiger partial charge is 0.279 e. The second-order valence-corrected chi connectivity index (χ2v) is 8.62. The first-order valence-corrected chi connectivity index (χ1v) is 10.7. The number of rotatable bonds is 5. The first kappa shape index (κ1) is 17.5. The predicted octanol–water partition coefficient (Wildman–Crippen LogP) is 4.71. The molecule has 0 aliphatic rings. The molecule has 0 saturated carbocycles. The van der Waals surface area contributed by atoms with Gasteiger partial charge in [0.15, 0.2) is 0 Å². The van der Waals surface area contributed by atoms with Crippen molar-refractivity contribution in [1.29, 1.82) is 0 Å². The van der Waals surface area contributed by atoms with Crippen molar-refractivity contribution in [2.24, 2.45) is 0 Å². The van der Waals surface area contributed by atoms with Crippen LogP contribution in [0.3, 0.4) is 0 Å². The zero-order chi connectivity index (χ0) is 18.9. The molecule has 1 N–H and O–H groups in total. The number of aryl methyl sites for hydroxylation is 1. The third-order valence-corrected chi connectivity index (χ3v) is 6.38. The van der Waals surface area contributed by atoms with Crippen molar-refractivity contribution in [1.82, 2.24) is 9.78 Å². The summed E-state index contributed by atoms with van der Waals surface area (Å²) >= 11 is 1.46. The lowest BCUT2D eigenvalue weighted by Crippen LogP contribution is -2.14. The molecule has 27 heavy (non-hydrogen) atoms. The van der Waals surface area contributed by atoms with E-state index in [0.717, 1.165) is 16.1 Å². The number of sulfonamides is 1. The molecule has 5 nitrogen and oxygen atoms in total. The molecule has 2 heterocycles. The van der Waals surface area contributed by atoms with E-state index in [1.54, 1.807) is 23.0 Å². The fraction of sp³-hybridized carbons (Fsp3) is 0.0500. The molecule has 0 aliphatic carbocycles. The zero-order valence-corrected chi connectivity index (χ0v) is 16.2. The maximum Gasteiger partial charge on any atom is 0.265 e. The van der Waals surface area contributed by atoms with Gasteiger partial charge in [-0.15, -0.1) is 11.3 Å². The van der Waals surface area contributed by atoms with E-state index in [4.69, 9.17) is 0 Å². The molecule has 0 saturated heterocycles. The van der Waals surface area contributed by atoms with E-state index in [2.05, 4.69) is 9.82 Å². The van der Waals surface area contributed by atoms with E-state index in [9.17, 15) is 8.42 Å². The highest BCUT2D eigenvalue weighted by atomic mass is 32.2. The molecule has 0 amide bonds. The summed E-state index contributed by atoms with van der Waals surface area (Å²) in [6.45, 7) is 1.87. The Labute approximate surface area is 162 Å². The second-order valence-electron chi connectivity index (χ2n) is 6.02. The van der Waals surface area contributed by atoms with Crippen molar-refractivity contribution in [3.63, 3.8) is 0 Å². The highest BCUT2D eigenvalue weighted by Gasteiger charge is 2.25. The van der Waals surface area contributed by atoms with E-state index in [0.29, 0.717) is 11.4 Å². The van der Waals surface area contributed by atoms with E-state index >= 15 is 0 Å². The molecular weight excluding hydrogens is 378 g/mol. The van der Waals surface area contributed by atoms with Gasteiger partial charge in [0.2, 0.25) is 0 Å². The standard InChI is InChI=1S/C20H17N3O2S2/c1-15-8-5-6-11-17(15)22-27(24,25)19-14-23(16-9-3-2-4-10-16)21-20(19)18-12-7-13-26-18/h2-14,22H,1H3. The van der Waals surface area contributed by atoms with Crippen LogP contribution in [-0.4, -0.2) is 18.2 Å². The summed E-state index contributed by atoms with van der Waals surface area (Å²) in [5.41, 5.74) is 2.65. The first-order chi connectivity index (χ1) is 13.0. The number of thiophene rings is 1. The van der Waals surface area contributed by atoms with Gasteiger partial charge in [0, 0.05) is 0 Å². The van der Waals surface area contributed by atoms with Crippen molar-refractivity contribution < 1.29 is 8.42 Å². The van der Waals surface area contributed by atoms with E-state index in [1.807, 2.05) is 66.9 Å². The van der Waals surface area contributed by atoms with Gasteiger partial charge in [-0.25, -0.2) is 13.1 Å². The maximum atomic E-state index is 13.2. The molecule has 0 spiro atoms. The van der Waals surface area contributed by atoms with Crippen molar-refractivity contribution in [2.75, 3.05) is 4.72 Å². The Balaban J connectivity index is 1.83. The average molecular weight is 396 g/mol. The predicted molar refractivity (Wildman–Crippen MR) is 109 cm³/mol. The molecule has 0 aliphatic heterocycles. The summed E-state index contributed by atoms with van der Waals surface area (Å²) in [6.07, 6.45) is 1.56. The number of anilines is 1. The number of hydrogen-bond donors (Lipinski definition) is 1. The molecule has 0 radical (unpaired) electrons. The fourth-order valence-corrected chi connectivity index (χ4v) is 4.80. The molecule has 7 heteroatoms. The smallest absolute Gasteiger partial charge is 0.265 e. The van der Waals surface area contributed by atoms with Gasteiger partial charge >= 0.3 is 0 Å². The Kier molecular flexibility index (Phi) is 4.55. The molecular formula is C20H17N3O2S2. The number of benzene rings is 2. The summed E-state index contributed by atoms with van der Waals surface area (Å²) in [7, 11) is -3.81. The van der Waals surface area contributed by atoms with Crippen molar-refractivity contribution in [2.45, 2.75) is 11.8 Å². The van der Waals surface area contributed by atoms with Crippen LogP contribution >= 0.6 is 11.3 Å². The molecule has 136 valence electrons. The fourth-order valence-electron chi connectivity index (χ4n) is 2.74. The van der Waals surface area contributed by atoms with Gasteiger partial charge in [0.05, 0.1) is 22.4 Å². The third-order valence-electron chi connectivity index (χ3n) is 4.13. The van der Waals surface area contributed by atoms with Gasteiger partial charge in [0.1, 0.15) is 10.6 Å². The third kappa shape index (κ3) is 3.51. The number of aromatic nitrogens is 2. The normalized spacial score (nSPS) is 11.4. The maximum absolute atomic E-state index is 13.2. The highest BCUT2D eigenvalue weighted by Crippen LogP contribution is 2.32. The van der Waals surface area contributed by atoms with Crippen LogP contribution < -0.4 is 4.72 Å². The van der Waals surface area contributed by atoms with Crippen LogP contribution in [0.5, 0.6) is 0 Å². The van der Waals surface area contributed by atoms with Gasteiger partial charge in [-0.3, -0.25) is 4.72 Å². The Hall–Kier alpha value is -2.90. The zero-order valence-electron chi connectivity index (χ0n) is 14.5. The van der Waals surface area contributed by atoms with Crippen LogP contribution in [0.4, 0.5) is 5.69 Å². The SMILES string of the molecule is Cc1ccccc1NS(=O)(=O)c1cn(-c2ccccc2)nc1-c1cccs1. The monoisotopic (exact) mass is 395 g/mol. The summed E-state index contributed by atoms with van der Waals surface area (Å²) in [6, 6.07) is 20.5. The van der Waals surface area contributed by atoms with Crippen LogP contribution in [0.2, 0.25) is 0 Å². The van der Waals surface area contributed by atoms with Gasteiger partial charge in [-0.1, -0.05) is 42.5 Å². The molecule has 0 fully saturated rings. The minimum atomic E-state index is -3.81. The van der Waals surface area contributed by atoms with Crippen LogP contribution in [-0.2, 0) is 10.0 Å². The number of hydrogen-bond acceptors (Lipinski definition) is 4. The molecule has 4 aromatic rings. The minimum absolute atomic E-state index is 0.150. The van der Waals surface area contributed by atoms with E-state index in [-0.39, 0.29) is 4.90 Å². The van der Waals surface area contributed by atoms with Crippen LogP contribution in [0, 0.1) is 6.92 Å². The molecule has 2 aromatic carbocycles. The molecule has 2 aromatic heterocycles. The highest BCUT2D eigenvalue weighted by molar-refractivity contribution is 7.92. The second kappa shape index (κ2) is 7.02. The van der Waals surface area contributed by atoms with Gasteiger partial charge in [-0.05, 0) is 42.1 Å². The van der Waals surface area contributed by atoms with E-state index < -0.39 is 10.0 Å². The van der Waals surface area contributed by atoms with Crippen LogP contribution in [0.25, 0.3) is 16.3 Å². The topological polar surface area (TPSA) is 64.0 Å². The van der Waals surface area contributed by atoms with Crippen LogP contribution in [0.15, 0.2) is 83.2 Å². The summed E-state index contributed by atoms with van der Waals surface area (Å²) in [4.78, 5) is 0.951. The average Bonchev–Trinajstić information content (AvgIpc) is 3.34. The number of nitrogens with zero attached hydrogens (tertiary/aromatic N) is 2. The van der Waals surface area contributed by atoms with Gasteiger partial charge < -0.3 is 0 Å².